The van der Waals surface area contributed by atoms with E-state index in [1.54, 1.807) is 67.0 Å². The second kappa shape index (κ2) is 10.5. The number of rotatable bonds is 8. The van der Waals surface area contributed by atoms with Gasteiger partial charge in [-0.3, -0.25) is 14.6 Å². The first-order valence-corrected chi connectivity index (χ1v) is 11.5. The van der Waals surface area contributed by atoms with Gasteiger partial charge in [0.2, 0.25) is 0 Å². The van der Waals surface area contributed by atoms with E-state index in [0.717, 1.165) is 18.4 Å². The van der Waals surface area contributed by atoms with E-state index in [0.29, 0.717) is 28.5 Å². The number of carbonyl (C=O) groups is 2. The average molecular weight is 477 g/mol. The molecule has 0 bridgehead atoms. The van der Waals surface area contributed by atoms with Crippen LogP contribution in [0.5, 0.6) is 5.75 Å². The largest absolute Gasteiger partial charge is 0.507 e. The number of Topliss-reactive ketones (excluding diaryl/α,β-unsaturated/α-hetero) is 1. The smallest absolute Gasteiger partial charge is 0.295 e. The van der Waals surface area contributed by atoms with Crippen molar-refractivity contribution in [2.24, 2.45) is 0 Å². The van der Waals surface area contributed by atoms with Crippen molar-refractivity contribution in [2.75, 3.05) is 6.61 Å². The summed E-state index contributed by atoms with van der Waals surface area (Å²) in [6, 6.07) is 16.6. The predicted octanol–water partition coefficient (Wildman–Crippen LogP) is 5.54. The molecule has 174 valence electrons. The first-order chi connectivity index (χ1) is 16.5. The SMILES string of the molecule is CCCCOc1ccc(C(O)=C2C(=O)C(=O)N(Cc3cccnc3)[C@@H]2c2ccc(Cl)cc2)cc1. The fourth-order valence-electron chi connectivity index (χ4n) is 3.92. The summed E-state index contributed by atoms with van der Waals surface area (Å²) >= 11 is 6.07. The lowest BCUT2D eigenvalue weighted by Crippen LogP contribution is -2.29. The maximum atomic E-state index is 13.1. The summed E-state index contributed by atoms with van der Waals surface area (Å²) in [5.41, 5.74) is 1.92. The van der Waals surface area contributed by atoms with Crippen molar-refractivity contribution in [1.82, 2.24) is 9.88 Å². The molecular formula is C27H25ClN2O4. The number of halogens is 1. The number of ketones is 1. The molecule has 1 N–H and O–H groups in total. The van der Waals surface area contributed by atoms with Gasteiger partial charge in [0.1, 0.15) is 11.5 Å². The van der Waals surface area contributed by atoms with Crippen molar-refractivity contribution < 1.29 is 19.4 Å². The Kier molecular flexibility index (Phi) is 7.28. The van der Waals surface area contributed by atoms with Crippen LogP contribution in [0.1, 0.15) is 42.5 Å². The van der Waals surface area contributed by atoms with E-state index in [-0.39, 0.29) is 17.9 Å². The van der Waals surface area contributed by atoms with Crippen molar-refractivity contribution in [3.63, 3.8) is 0 Å². The summed E-state index contributed by atoms with van der Waals surface area (Å²) in [4.78, 5) is 31.8. The molecular weight excluding hydrogens is 452 g/mol. The minimum absolute atomic E-state index is 0.0378. The Bertz CT molecular complexity index is 1190. The van der Waals surface area contributed by atoms with Crippen LogP contribution in [-0.4, -0.2) is 33.3 Å². The highest BCUT2D eigenvalue weighted by atomic mass is 35.5. The number of aliphatic hydroxyl groups excluding tert-OH is 1. The molecule has 0 aliphatic carbocycles. The van der Waals surface area contributed by atoms with Gasteiger partial charge in [0.25, 0.3) is 11.7 Å². The van der Waals surface area contributed by atoms with Crippen LogP contribution < -0.4 is 4.74 Å². The van der Waals surface area contributed by atoms with Gasteiger partial charge >= 0.3 is 0 Å². The maximum absolute atomic E-state index is 13.1. The lowest BCUT2D eigenvalue weighted by Gasteiger charge is -2.25. The van der Waals surface area contributed by atoms with Gasteiger partial charge in [-0.05, 0) is 60.0 Å². The summed E-state index contributed by atoms with van der Waals surface area (Å²) in [7, 11) is 0. The number of nitrogens with zero attached hydrogens (tertiary/aromatic N) is 2. The van der Waals surface area contributed by atoms with E-state index >= 15 is 0 Å². The zero-order valence-electron chi connectivity index (χ0n) is 18.8. The lowest BCUT2D eigenvalue weighted by molar-refractivity contribution is -0.140. The molecule has 1 fully saturated rings. The second-order valence-corrected chi connectivity index (χ2v) is 8.50. The number of aliphatic hydroxyl groups is 1. The van der Waals surface area contributed by atoms with Gasteiger partial charge in [-0.2, -0.15) is 0 Å². The summed E-state index contributed by atoms with van der Waals surface area (Å²) in [5.74, 6) is -0.960. The van der Waals surface area contributed by atoms with Crippen molar-refractivity contribution in [3.8, 4) is 5.75 Å². The van der Waals surface area contributed by atoms with Gasteiger partial charge in [-0.25, -0.2) is 0 Å². The van der Waals surface area contributed by atoms with Gasteiger partial charge in [-0.15, -0.1) is 0 Å². The highest BCUT2D eigenvalue weighted by Crippen LogP contribution is 2.40. The molecule has 1 aliphatic heterocycles. The second-order valence-electron chi connectivity index (χ2n) is 8.07. The average Bonchev–Trinajstić information content (AvgIpc) is 3.10. The molecule has 1 aromatic heterocycles. The van der Waals surface area contributed by atoms with Gasteiger partial charge in [0.05, 0.1) is 18.2 Å². The maximum Gasteiger partial charge on any atom is 0.295 e. The van der Waals surface area contributed by atoms with Crippen LogP contribution in [0.15, 0.2) is 78.6 Å². The van der Waals surface area contributed by atoms with E-state index in [4.69, 9.17) is 16.3 Å². The Labute approximate surface area is 203 Å². The summed E-state index contributed by atoms with van der Waals surface area (Å²) in [6.45, 7) is 2.87. The number of hydrogen-bond acceptors (Lipinski definition) is 5. The fourth-order valence-corrected chi connectivity index (χ4v) is 4.05. The molecule has 6 nitrogen and oxygen atoms in total. The topological polar surface area (TPSA) is 79.7 Å². The van der Waals surface area contributed by atoms with Crippen LogP contribution in [0.2, 0.25) is 5.02 Å². The highest BCUT2D eigenvalue weighted by Gasteiger charge is 2.46. The molecule has 4 rings (SSSR count). The van der Waals surface area contributed by atoms with Crippen molar-refractivity contribution >= 4 is 29.1 Å². The normalized spacial score (nSPS) is 17.2. The Morgan fingerprint density at radius 2 is 1.82 bits per heavy atom. The number of benzene rings is 2. The number of amides is 1. The zero-order chi connectivity index (χ0) is 24.1. The molecule has 0 unspecified atom stereocenters. The highest BCUT2D eigenvalue weighted by molar-refractivity contribution is 6.46. The number of aromatic nitrogens is 1. The lowest BCUT2D eigenvalue weighted by atomic mass is 9.95. The number of ether oxygens (including phenoxy) is 1. The number of pyridine rings is 1. The zero-order valence-corrected chi connectivity index (χ0v) is 19.5. The number of unbranched alkanes of at least 4 members (excludes halogenated alkanes) is 1. The molecule has 2 aromatic carbocycles. The minimum atomic E-state index is -0.766. The van der Waals surface area contributed by atoms with E-state index in [9.17, 15) is 14.7 Å². The number of carbonyl (C=O) groups excluding carboxylic acids is 2. The molecule has 3 aromatic rings. The first-order valence-electron chi connectivity index (χ1n) is 11.2. The van der Waals surface area contributed by atoms with Crippen LogP contribution in [0.3, 0.4) is 0 Å². The third kappa shape index (κ3) is 4.97. The molecule has 1 atom stereocenters. The van der Waals surface area contributed by atoms with Crippen LogP contribution in [0.4, 0.5) is 0 Å². The first kappa shape index (κ1) is 23.5. The Hall–Kier alpha value is -3.64. The molecule has 7 heteroatoms. The third-order valence-corrected chi connectivity index (χ3v) is 5.95. The van der Waals surface area contributed by atoms with Crippen LogP contribution in [-0.2, 0) is 16.1 Å². The molecule has 1 amide bonds. The minimum Gasteiger partial charge on any atom is -0.507 e. The predicted molar refractivity (Wildman–Crippen MR) is 130 cm³/mol. The van der Waals surface area contributed by atoms with Crippen LogP contribution in [0, 0.1) is 0 Å². The number of hydrogen-bond donors (Lipinski definition) is 1. The van der Waals surface area contributed by atoms with E-state index < -0.39 is 17.7 Å². The monoisotopic (exact) mass is 476 g/mol. The summed E-state index contributed by atoms with van der Waals surface area (Å²) in [5, 5.41) is 11.7. The van der Waals surface area contributed by atoms with Crippen molar-refractivity contribution in [1.29, 1.82) is 0 Å². The number of likely N-dealkylation sites (tertiary alicyclic amines) is 1. The van der Waals surface area contributed by atoms with Gasteiger partial charge in [0, 0.05) is 29.5 Å². The summed E-state index contributed by atoms with van der Waals surface area (Å²) < 4.78 is 5.68. The quantitative estimate of drug-likeness (QED) is 0.200. The molecule has 0 saturated carbocycles. The third-order valence-electron chi connectivity index (χ3n) is 5.70. The molecule has 0 radical (unpaired) electrons. The Morgan fingerprint density at radius 3 is 2.47 bits per heavy atom. The standard InChI is InChI=1S/C27H25ClN2O4/c1-2-3-15-34-22-12-8-20(9-13-22)25(31)23-24(19-6-10-21(28)11-7-19)30(27(33)26(23)32)17-18-5-4-14-29-16-18/h4-14,16,24,31H,2-3,15,17H2,1H3/t24-/m1/s1. The van der Waals surface area contributed by atoms with E-state index in [1.165, 1.54) is 4.90 Å². The van der Waals surface area contributed by atoms with E-state index in [1.807, 2.05) is 6.07 Å². The molecule has 34 heavy (non-hydrogen) atoms. The van der Waals surface area contributed by atoms with Crippen LogP contribution in [0.25, 0.3) is 5.76 Å². The van der Waals surface area contributed by atoms with Crippen molar-refractivity contribution in [3.05, 3.63) is 100 Å². The van der Waals surface area contributed by atoms with Gasteiger partial charge in [0.15, 0.2) is 0 Å². The molecule has 1 saturated heterocycles. The summed E-state index contributed by atoms with van der Waals surface area (Å²) in [6.07, 6.45) is 5.27. The van der Waals surface area contributed by atoms with Gasteiger partial charge < -0.3 is 14.7 Å². The molecule has 2 heterocycles. The Balaban J connectivity index is 1.74. The van der Waals surface area contributed by atoms with Crippen LogP contribution >= 0.6 is 11.6 Å². The molecule has 1 aliphatic rings. The van der Waals surface area contributed by atoms with Crippen molar-refractivity contribution in [2.45, 2.75) is 32.4 Å². The molecule has 0 spiro atoms. The van der Waals surface area contributed by atoms with Gasteiger partial charge in [-0.1, -0.05) is 43.1 Å². The Morgan fingerprint density at radius 1 is 1.09 bits per heavy atom. The van der Waals surface area contributed by atoms with E-state index in [2.05, 4.69) is 11.9 Å². The fraction of sp³-hybridized carbons (Fsp3) is 0.222.